The number of aryl methyl sites for hydroxylation is 1. The maximum absolute atomic E-state index is 12.9. The first-order valence-corrected chi connectivity index (χ1v) is 8.84. The van der Waals surface area contributed by atoms with E-state index >= 15 is 0 Å². The lowest BCUT2D eigenvalue weighted by atomic mass is 9.89. The van der Waals surface area contributed by atoms with Gasteiger partial charge >= 0.3 is 0 Å². The van der Waals surface area contributed by atoms with E-state index in [-0.39, 0.29) is 11.9 Å². The van der Waals surface area contributed by atoms with Crippen molar-refractivity contribution in [2.24, 2.45) is 0 Å². The Labute approximate surface area is 153 Å². The Morgan fingerprint density at radius 1 is 0.846 bits per heavy atom. The molecule has 1 fully saturated rings. The number of rotatable bonds is 5. The fourth-order valence-corrected chi connectivity index (χ4v) is 3.35. The normalized spacial score (nSPS) is 19.3. The Kier molecular flexibility index (Phi) is 4.55. The molecule has 3 aromatic carbocycles. The number of amides is 1. The Hall–Kier alpha value is -2.91. The minimum absolute atomic E-state index is 0.0126. The highest BCUT2D eigenvalue weighted by molar-refractivity contribution is 6.05. The minimum atomic E-state index is -0.459. The van der Waals surface area contributed by atoms with Gasteiger partial charge in [-0.3, -0.25) is 9.69 Å². The lowest BCUT2D eigenvalue weighted by Gasteiger charge is -2.47. The van der Waals surface area contributed by atoms with Crippen molar-refractivity contribution in [3.05, 3.63) is 102 Å². The molecule has 26 heavy (non-hydrogen) atoms. The average molecular weight is 343 g/mol. The summed E-state index contributed by atoms with van der Waals surface area (Å²) in [5.74, 6) is 0.0126. The van der Waals surface area contributed by atoms with E-state index in [1.807, 2.05) is 84.6 Å². The third-order valence-electron chi connectivity index (χ3n) is 4.77. The molecule has 0 bridgehead atoms. The van der Waals surface area contributed by atoms with E-state index in [1.54, 1.807) is 0 Å². The fourth-order valence-electron chi connectivity index (χ4n) is 3.35. The van der Waals surface area contributed by atoms with Gasteiger partial charge < -0.3 is 4.74 Å². The van der Waals surface area contributed by atoms with Crippen molar-refractivity contribution in [2.45, 2.75) is 25.7 Å². The summed E-state index contributed by atoms with van der Waals surface area (Å²) >= 11 is 0. The van der Waals surface area contributed by atoms with Crippen molar-refractivity contribution in [2.75, 3.05) is 4.90 Å². The summed E-state index contributed by atoms with van der Waals surface area (Å²) in [6.45, 7) is 2.48. The molecule has 0 aliphatic carbocycles. The molecular weight excluding hydrogens is 322 g/mol. The molecule has 4 rings (SSSR count). The van der Waals surface area contributed by atoms with Crippen molar-refractivity contribution in [3.8, 4) is 0 Å². The maximum atomic E-state index is 12.9. The molecule has 0 unspecified atom stereocenters. The molecule has 3 heteroatoms. The van der Waals surface area contributed by atoms with Gasteiger partial charge in [-0.2, -0.15) is 0 Å². The van der Waals surface area contributed by atoms with Crippen molar-refractivity contribution in [1.29, 1.82) is 0 Å². The van der Waals surface area contributed by atoms with Crippen molar-refractivity contribution >= 4 is 11.6 Å². The Morgan fingerprint density at radius 3 is 2.12 bits per heavy atom. The van der Waals surface area contributed by atoms with Crippen LogP contribution in [0.5, 0.6) is 0 Å². The third kappa shape index (κ3) is 3.14. The average Bonchev–Trinajstić information content (AvgIpc) is 2.69. The van der Waals surface area contributed by atoms with E-state index in [0.717, 1.165) is 16.8 Å². The number of carbonyl (C=O) groups is 1. The van der Waals surface area contributed by atoms with Crippen LogP contribution >= 0.6 is 0 Å². The van der Waals surface area contributed by atoms with E-state index in [9.17, 15) is 4.79 Å². The van der Waals surface area contributed by atoms with Crippen LogP contribution < -0.4 is 4.90 Å². The number of nitrogens with zero attached hydrogens (tertiary/aromatic N) is 1. The van der Waals surface area contributed by atoms with Crippen LogP contribution in [0.25, 0.3) is 0 Å². The molecule has 1 amide bonds. The predicted octanol–water partition coefficient (Wildman–Crippen LogP) is 4.67. The zero-order chi connectivity index (χ0) is 17.9. The monoisotopic (exact) mass is 343 g/mol. The highest BCUT2D eigenvalue weighted by Gasteiger charge is 2.49. The first-order valence-electron chi connectivity index (χ1n) is 8.84. The largest absolute Gasteiger partial charge is 0.361 e. The highest BCUT2D eigenvalue weighted by atomic mass is 16.5. The molecule has 0 radical (unpaired) electrons. The van der Waals surface area contributed by atoms with Crippen molar-refractivity contribution in [3.63, 3.8) is 0 Å². The molecule has 3 aromatic rings. The Morgan fingerprint density at radius 2 is 1.46 bits per heavy atom. The minimum Gasteiger partial charge on any atom is -0.361 e. The number of anilines is 1. The van der Waals surface area contributed by atoms with E-state index in [0.29, 0.717) is 6.61 Å². The number of ether oxygens (including phenoxy) is 1. The number of benzene rings is 3. The lowest BCUT2D eigenvalue weighted by molar-refractivity contribution is -0.143. The van der Waals surface area contributed by atoms with E-state index in [1.165, 1.54) is 5.56 Å². The zero-order valence-electron chi connectivity index (χ0n) is 14.7. The fraction of sp³-hybridized carbons (Fsp3) is 0.174. The topological polar surface area (TPSA) is 29.5 Å². The van der Waals surface area contributed by atoms with Crippen LogP contribution in [0, 0.1) is 6.92 Å². The molecular formula is C23H21NO2. The molecule has 3 nitrogen and oxygen atoms in total. The molecule has 0 aromatic heterocycles. The molecule has 1 aliphatic rings. The molecule has 1 heterocycles. The van der Waals surface area contributed by atoms with Gasteiger partial charge in [-0.05, 0) is 30.2 Å². The summed E-state index contributed by atoms with van der Waals surface area (Å²) in [4.78, 5) is 14.7. The van der Waals surface area contributed by atoms with Crippen LogP contribution in [0.4, 0.5) is 5.69 Å². The van der Waals surface area contributed by atoms with Gasteiger partial charge in [0, 0.05) is 5.69 Å². The lowest BCUT2D eigenvalue weighted by Crippen LogP contribution is -2.60. The summed E-state index contributed by atoms with van der Waals surface area (Å²) in [7, 11) is 0. The highest BCUT2D eigenvalue weighted by Crippen LogP contribution is 2.41. The smallest absolute Gasteiger partial charge is 0.259 e. The van der Waals surface area contributed by atoms with Gasteiger partial charge in [-0.1, -0.05) is 78.4 Å². The van der Waals surface area contributed by atoms with E-state index in [2.05, 4.69) is 12.1 Å². The second-order valence-electron chi connectivity index (χ2n) is 6.62. The van der Waals surface area contributed by atoms with Crippen LogP contribution in [0.3, 0.4) is 0 Å². The molecule has 0 N–H and O–H groups in total. The number of carbonyl (C=O) groups excluding carboxylic acids is 1. The van der Waals surface area contributed by atoms with Gasteiger partial charge in [0.15, 0.2) is 6.10 Å². The van der Waals surface area contributed by atoms with Crippen LogP contribution in [0.1, 0.15) is 22.7 Å². The molecule has 0 spiro atoms. The molecule has 0 saturated carbocycles. The Bertz CT molecular complexity index is 875. The number of hydrogen-bond donors (Lipinski definition) is 0. The van der Waals surface area contributed by atoms with Gasteiger partial charge in [0.1, 0.15) is 0 Å². The quantitative estimate of drug-likeness (QED) is 0.630. The first-order chi connectivity index (χ1) is 12.7. The van der Waals surface area contributed by atoms with Gasteiger partial charge in [0.25, 0.3) is 5.91 Å². The zero-order valence-corrected chi connectivity index (χ0v) is 14.7. The first kappa shape index (κ1) is 16.6. The third-order valence-corrected chi connectivity index (χ3v) is 4.77. The van der Waals surface area contributed by atoms with Gasteiger partial charge in [0.2, 0.25) is 0 Å². The summed E-state index contributed by atoms with van der Waals surface area (Å²) in [5, 5.41) is 0. The molecule has 1 saturated heterocycles. The van der Waals surface area contributed by atoms with Gasteiger partial charge in [-0.25, -0.2) is 0 Å². The van der Waals surface area contributed by atoms with Gasteiger partial charge in [0.05, 0.1) is 12.6 Å². The van der Waals surface area contributed by atoms with Crippen LogP contribution in [-0.4, -0.2) is 12.0 Å². The van der Waals surface area contributed by atoms with E-state index in [4.69, 9.17) is 4.74 Å². The van der Waals surface area contributed by atoms with Crippen LogP contribution in [0.2, 0.25) is 0 Å². The van der Waals surface area contributed by atoms with Crippen molar-refractivity contribution in [1.82, 2.24) is 0 Å². The molecule has 1 aliphatic heterocycles. The number of β-lactam (4-membered cyclic amide) rings is 1. The van der Waals surface area contributed by atoms with Crippen LogP contribution in [0.15, 0.2) is 84.9 Å². The SMILES string of the molecule is Cc1ccc(N2C(=O)[C@@H](OCc3ccccc3)[C@H]2c2ccccc2)cc1. The second-order valence-corrected chi connectivity index (χ2v) is 6.62. The summed E-state index contributed by atoms with van der Waals surface area (Å²) in [6, 6.07) is 28.0. The predicted molar refractivity (Wildman–Crippen MR) is 103 cm³/mol. The summed E-state index contributed by atoms with van der Waals surface area (Å²) in [6.07, 6.45) is -0.459. The Balaban J connectivity index is 1.59. The van der Waals surface area contributed by atoms with Gasteiger partial charge in [-0.15, -0.1) is 0 Å². The standard InChI is InChI=1S/C23H21NO2/c1-17-12-14-20(15-13-17)24-21(19-10-6-3-7-11-19)22(23(24)25)26-16-18-8-4-2-5-9-18/h2-15,21-22H,16H2,1H3/t21-,22+/m1/s1. The maximum Gasteiger partial charge on any atom is 0.259 e. The van der Waals surface area contributed by atoms with E-state index < -0.39 is 6.10 Å². The summed E-state index contributed by atoms with van der Waals surface area (Å²) in [5.41, 5.74) is 4.25. The van der Waals surface area contributed by atoms with Crippen molar-refractivity contribution < 1.29 is 9.53 Å². The second kappa shape index (κ2) is 7.14. The molecule has 130 valence electrons. The molecule has 2 atom stereocenters. The summed E-state index contributed by atoms with van der Waals surface area (Å²) < 4.78 is 6.03. The van der Waals surface area contributed by atoms with Crippen LogP contribution in [-0.2, 0) is 16.1 Å². The number of hydrogen-bond acceptors (Lipinski definition) is 2.